The molecule has 0 saturated carbocycles. The number of nitrogens with one attached hydrogen (secondary N) is 2. The van der Waals surface area contributed by atoms with Gasteiger partial charge < -0.3 is 5.32 Å². The number of benzene rings is 2. The van der Waals surface area contributed by atoms with E-state index in [4.69, 9.17) is 5.14 Å². The summed E-state index contributed by atoms with van der Waals surface area (Å²) in [4.78, 5) is 12.3. The predicted molar refractivity (Wildman–Crippen MR) is 104 cm³/mol. The van der Waals surface area contributed by atoms with Crippen LogP contribution in [0.2, 0.25) is 0 Å². The number of anilines is 1. The van der Waals surface area contributed by atoms with E-state index in [9.17, 15) is 18.5 Å². The summed E-state index contributed by atoms with van der Waals surface area (Å²) in [6, 6.07) is 16.6. The molecule has 0 aliphatic heterocycles. The monoisotopic (exact) mass is 393 g/mol. The van der Waals surface area contributed by atoms with Gasteiger partial charge in [0, 0.05) is 16.8 Å². The Morgan fingerprint density at radius 2 is 1.82 bits per heavy atom. The highest BCUT2D eigenvalue weighted by Gasteiger charge is 2.13. The van der Waals surface area contributed by atoms with E-state index in [0.717, 1.165) is 5.56 Å². The van der Waals surface area contributed by atoms with E-state index in [1.165, 1.54) is 36.5 Å². The van der Waals surface area contributed by atoms with Gasteiger partial charge in [0.2, 0.25) is 10.0 Å². The summed E-state index contributed by atoms with van der Waals surface area (Å²) in [5, 5.41) is 23.8. The van der Waals surface area contributed by atoms with Crippen LogP contribution in [0.3, 0.4) is 0 Å². The smallest absolute Gasteiger partial charge is 0.266 e. The SMILES string of the molecule is N#CC(=Cc1cn[nH]c1-c1ccccc1)C(=O)Nc1ccc(S(N)(=O)=O)cc1. The van der Waals surface area contributed by atoms with Crippen molar-refractivity contribution in [1.82, 2.24) is 10.2 Å². The number of aromatic nitrogens is 2. The van der Waals surface area contributed by atoms with Crippen LogP contribution in [-0.2, 0) is 14.8 Å². The van der Waals surface area contributed by atoms with Gasteiger partial charge in [0.1, 0.15) is 11.6 Å². The fourth-order valence-corrected chi connectivity index (χ4v) is 2.99. The molecule has 28 heavy (non-hydrogen) atoms. The lowest BCUT2D eigenvalue weighted by molar-refractivity contribution is -0.112. The molecule has 0 atom stereocenters. The molecule has 4 N–H and O–H groups in total. The number of carbonyl (C=O) groups is 1. The van der Waals surface area contributed by atoms with Crippen LogP contribution in [0.25, 0.3) is 17.3 Å². The number of rotatable bonds is 5. The van der Waals surface area contributed by atoms with Gasteiger partial charge in [-0.3, -0.25) is 9.89 Å². The molecule has 0 saturated heterocycles. The van der Waals surface area contributed by atoms with Crippen LogP contribution >= 0.6 is 0 Å². The predicted octanol–water partition coefficient (Wildman–Crippen LogP) is 2.27. The highest BCUT2D eigenvalue weighted by atomic mass is 32.2. The topological polar surface area (TPSA) is 142 Å². The molecule has 0 bridgehead atoms. The Balaban J connectivity index is 1.84. The third-order valence-electron chi connectivity index (χ3n) is 3.84. The highest BCUT2D eigenvalue weighted by molar-refractivity contribution is 7.89. The minimum atomic E-state index is -3.82. The third-order valence-corrected chi connectivity index (χ3v) is 4.77. The van der Waals surface area contributed by atoms with Crippen LogP contribution < -0.4 is 10.5 Å². The van der Waals surface area contributed by atoms with Crippen molar-refractivity contribution in [3.8, 4) is 17.3 Å². The van der Waals surface area contributed by atoms with Crippen molar-refractivity contribution in [2.75, 3.05) is 5.32 Å². The number of sulfonamides is 1. The van der Waals surface area contributed by atoms with E-state index in [1.807, 2.05) is 36.4 Å². The minimum Gasteiger partial charge on any atom is -0.321 e. The first-order valence-corrected chi connectivity index (χ1v) is 9.58. The molecule has 0 aliphatic carbocycles. The maximum Gasteiger partial charge on any atom is 0.266 e. The number of H-pyrrole nitrogens is 1. The molecule has 0 fully saturated rings. The number of nitrogens with two attached hydrogens (primary N) is 1. The largest absolute Gasteiger partial charge is 0.321 e. The Morgan fingerprint density at radius 3 is 2.43 bits per heavy atom. The van der Waals surface area contributed by atoms with Gasteiger partial charge in [-0.05, 0) is 30.3 Å². The van der Waals surface area contributed by atoms with Crippen LogP contribution in [0.4, 0.5) is 5.69 Å². The number of primary sulfonamides is 1. The molecule has 0 radical (unpaired) electrons. The van der Waals surface area contributed by atoms with Gasteiger partial charge in [-0.25, -0.2) is 13.6 Å². The molecule has 8 nitrogen and oxygen atoms in total. The van der Waals surface area contributed by atoms with Crippen molar-refractivity contribution in [3.05, 3.63) is 71.9 Å². The fourth-order valence-electron chi connectivity index (χ4n) is 2.47. The quantitative estimate of drug-likeness (QED) is 0.450. The Bertz CT molecular complexity index is 1170. The molecular formula is C19H15N5O3S. The molecule has 3 aromatic rings. The van der Waals surface area contributed by atoms with Gasteiger partial charge in [-0.1, -0.05) is 30.3 Å². The summed E-state index contributed by atoms with van der Waals surface area (Å²) in [5.41, 5.74) is 2.33. The van der Waals surface area contributed by atoms with E-state index in [2.05, 4.69) is 15.5 Å². The second-order valence-corrected chi connectivity index (χ2v) is 7.32. The molecule has 0 unspecified atom stereocenters. The van der Waals surface area contributed by atoms with E-state index in [1.54, 1.807) is 0 Å². The average molecular weight is 393 g/mol. The Hall–Kier alpha value is -3.74. The van der Waals surface area contributed by atoms with Crippen molar-refractivity contribution in [2.45, 2.75) is 4.90 Å². The lowest BCUT2D eigenvalue weighted by Gasteiger charge is -2.05. The number of nitrogens with zero attached hydrogens (tertiary/aromatic N) is 2. The number of nitriles is 1. The summed E-state index contributed by atoms with van der Waals surface area (Å²) >= 11 is 0. The van der Waals surface area contributed by atoms with Crippen molar-refractivity contribution in [3.63, 3.8) is 0 Å². The fraction of sp³-hybridized carbons (Fsp3) is 0. The van der Waals surface area contributed by atoms with E-state index >= 15 is 0 Å². The maximum absolute atomic E-state index is 12.4. The number of hydrogen-bond acceptors (Lipinski definition) is 5. The Kier molecular flexibility index (Phi) is 5.35. The lowest BCUT2D eigenvalue weighted by atomic mass is 10.1. The zero-order valence-corrected chi connectivity index (χ0v) is 15.3. The van der Waals surface area contributed by atoms with Crippen LogP contribution in [-0.4, -0.2) is 24.5 Å². The molecule has 0 aliphatic rings. The number of hydrogen-bond donors (Lipinski definition) is 3. The average Bonchev–Trinajstić information content (AvgIpc) is 3.14. The molecule has 9 heteroatoms. The third kappa shape index (κ3) is 4.32. The lowest BCUT2D eigenvalue weighted by Crippen LogP contribution is -2.14. The maximum atomic E-state index is 12.4. The van der Waals surface area contributed by atoms with E-state index in [0.29, 0.717) is 16.9 Å². The highest BCUT2D eigenvalue weighted by Crippen LogP contribution is 2.23. The molecule has 3 rings (SSSR count). The standard InChI is InChI=1S/C19H15N5O3S/c20-11-14(10-15-12-22-24-18(15)13-4-2-1-3-5-13)19(25)23-16-6-8-17(9-7-16)28(21,26)27/h1-10,12H,(H,22,24)(H,23,25)(H2,21,26,27). The number of carbonyl (C=O) groups excluding carboxylic acids is 1. The molecule has 0 spiro atoms. The van der Waals surface area contributed by atoms with Crippen molar-refractivity contribution in [1.29, 1.82) is 5.26 Å². The Morgan fingerprint density at radius 1 is 1.14 bits per heavy atom. The van der Waals surface area contributed by atoms with Gasteiger partial charge in [0.05, 0.1) is 16.8 Å². The van der Waals surface area contributed by atoms with Crippen molar-refractivity contribution in [2.24, 2.45) is 5.14 Å². The van der Waals surface area contributed by atoms with Crippen LogP contribution in [0.1, 0.15) is 5.56 Å². The zero-order chi connectivity index (χ0) is 20.1. The van der Waals surface area contributed by atoms with Crippen molar-refractivity contribution < 1.29 is 13.2 Å². The first kappa shape index (κ1) is 19.0. The van der Waals surface area contributed by atoms with Gasteiger partial charge >= 0.3 is 0 Å². The second-order valence-electron chi connectivity index (χ2n) is 5.76. The van der Waals surface area contributed by atoms with Gasteiger partial charge in [0.15, 0.2) is 0 Å². The summed E-state index contributed by atoms with van der Waals surface area (Å²) in [5.74, 6) is -0.633. The molecule has 140 valence electrons. The summed E-state index contributed by atoms with van der Waals surface area (Å²) in [7, 11) is -3.82. The summed E-state index contributed by atoms with van der Waals surface area (Å²) in [6.45, 7) is 0. The van der Waals surface area contributed by atoms with Crippen molar-refractivity contribution >= 4 is 27.7 Å². The number of aromatic amines is 1. The molecule has 1 aromatic heterocycles. The molecule has 1 amide bonds. The number of amides is 1. The van der Waals surface area contributed by atoms with Gasteiger partial charge in [-0.2, -0.15) is 10.4 Å². The molecule has 2 aromatic carbocycles. The van der Waals surface area contributed by atoms with Crippen LogP contribution in [0, 0.1) is 11.3 Å². The second kappa shape index (κ2) is 7.87. The van der Waals surface area contributed by atoms with E-state index < -0.39 is 15.9 Å². The normalized spacial score (nSPS) is 11.6. The summed E-state index contributed by atoms with van der Waals surface area (Å²) in [6.07, 6.45) is 2.95. The molecule has 1 heterocycles. The molecular weight excluding hydrogens is 378 g/mol. The van der Waals surface area contributed by atoms with Gasteiger partial charge in [0.25, 0.3) is 5.91 Å². The first-order chi connectivity index (χ1) is 13.4. The summed E-state index contributed by atoms with van der Waals surface area (Å²) < 4.78 is 22.6. The zero-order valence-electron chi connectivity index (χ0n) is 14.5. The first-order valence-electron chi connectivity index (χ1n) is 8.03. The van der Waals surface area contributed by atoms with Crippen LogP contribution in [0.5, 0.6) is 0 Å². The van der Waals surface area contributed by atoms with Crippen LogP contribution in [0.15, 0.2) is 71.3 Å². The Labute approximate surface area is 161 Å². The van der Waals surface area contributed by atoms with Gasteiger partial charge in [-0.15, -0.1) is 0 Å². The minimum absolute atomic E-state index is 0.0764. The van der Waals surface area contributed by atoms with E-state index in [-0.39, 0.29) is 10.5 Å².